The molecule has 44 heavy (non-hydrogen) atoms. The molecule has 0 aromatic heterocycles. The van der Waals surface area contributed by atoms with Crippen molar-refractivity contribution in [2.24, 2.45) is 17.8 Å². The van der Waals surface area contributed by atoms with Gasteiger partial charge in [0.05, 0.1) is 27.2 Å². The first kappa shape index (κ1) is 38.4. The van der Waals surface area contributed by atoms with Crippen molar-refractivity contribution in [1.29, 1.82) is 0 Å². The van der Waals surface area contributed by atoms with Crippen LogP contribution in [0.4, 0.5) is 0 Å². The van der Waals surface area contributed by atoms with Gasteiger partial charge in [0.25, 0.3) is 9.76 Å². The Hall–Kier alpha value is -1.76. The number of unbranched alkanes of at least 4 members (excludes halogenated alkanes) is 1. The van der Waals surface area contributed by atoms with Gasteiger partial charge in [-0.05, 0) is 91.4 Å². The maximum atomic E-state index is 12.0. The Bertz CT molecular complexity index is 1010. The van der Waals surface area contributed by atoms with Crippen LogP contribution in [-0.4, -0.2) is 58.5 Å². The normalized spacial score (nSPS) is 29.2. The minimum absolute atomic E-state index is 0.0268. The van der Waals surface area contributed by atoms with Crippen LogP contribution in [-0.2, 0) is 32.4 Å². The predicted molar refractivity (Wildman–Crippen MR) is 186 cm³/mol. The van der Waals surface area contributed by atoms with E-state index < -0.39 is 34.5 Å². The van der Waals surface area contributed by atoms with Crippen molar-refractivity contribution in [1.82, 2.24) is 0 Å². The van der Waals surface area contributed by atoms with Crippen LogP contribution in [0.1, 0.15) is 126 Å². The fourth-order valence-electron chi connectivity index (χ4n) is 7.52. The summed E-state index contributed by atoms with van der Waals surface area (Å²) in [6, 6.07) is 0. The van der Waals surface area contributed by atoms with Crippen molar-refractivity contribution in [3.8, 4) is 0 Å². The van der Waals surface area contributed by atoms with Crippen LogP contribution >= 0.6 is 0 Å². The van der Waals surface area contributed by atoms with Crippen molar-refractivity contribution in [2.45, 2.75) is 136 Å². The fraction of sp³-hybridized carbons (Fsp3) is 0.735. The van der Waals surface area contributed by atoms with Gasteiger partial charge in [-0.1, -0.05) is 52.4 Å². The monoisotopic (exact) mass is 664 g/mol. The maximum Gasteiger partial charge on any atom is 0.250 e. The zero-order valence-corrected chi connectivity index (χ0v) is 33.2. The Labute approximate surface area is 274 Å². The summed E-state index contributed by atoms with van der Waals surface area (Å²) in [5.74, 6) is 3.61. The number of rotatable bonds is 19. The van der Waals surface area contributed by atoms with Crippen LogP contribution in [0.25, 0.3) is 0 Å². The minimum Gasteiger partial charge on any atom is -0.552 e. The molecule has 250 valence electrons. The molecule has 2 rings (SSSR count). The van der Waals surface area contributed by atoms with Gasteiger partial charge in [0.2, 0.25) is 19.5 Å². The largest absolute Gasteiger partial charge is 0.552 e. The molecule has 0 aromatic rings. The predicted octanol–water partition coefficient (Wildman–Crippen LogP) is 5.80. The number of hydrogen-bond acceptors (Lipinski definition) is 7. The third kappa shape index (κ3) is 11.6. The molecule has 0 bridgehead atoms. The van der Waals surface area contributed by atoms with Crippen LogP contribution in [0, 0.1) is 17.8 Å². The van der Waals surface area contributed by atoms with Gasteiger partial charge in [-0.15, -0.1) is 0 Å². The van der Waals surface area contributed by atoms with Crippen LogP contribution in [0.15, 0.2) is 35.5 Å². The first-order valence-corrected chi connectivity index (χ1v) is 20.8. The molecule has 0 radical (unpaired) electrons. The third-order valence-electron chi connectivity index (χ3n) is 9.59. The smallest absolute Gasteiger partial charge is 0.250 e. The first-order chi connectivity index (χ1) is 20.9. The maximum absolute atomic E-state index is 12.0. The van der Waals surface area contributed by atoms with E-state index in [0.29, 0.717) is 35.7 Å². The van der Waals surface area contributed by atoms with E-state index in [4.69, 9.17) is 18.0 Å². The molecule has 10 heteroatoms. The van der Waals surface area contributed by atoms with E-state index >= 15 is 0 Å². The second kappa shape index (κ2) is 19.0. The highest BCUT2D eigenvalue weighted by atomic mass is 28.3. The minimum atomic E-state index is -1.38. The number of carbonyl (C=O) groups is 3. The average molecular weight is 665 g/mol. The molecule has 2 atom stereocenters. The molecular formula is C34H60O7Si3. The van der Waals surface area contributed by atoms with Crippen LogP contribution < -0.4 is 0 Å². The summed E-state index contributed by atoms with van der Waals surface area (Å²) in [5, 5.41) is -0.512. The molecule has 0 saturated heterocycles. The topological polar surface area (TPSA) is 88.1 Å². The SMILES string of the molecule is CCCCC1CCC([C@H]2CCC[C@](OCCC)([SiH2]OC(C)=CC(C)=O)C2([SiH2]OC(C)=CC(C)=O)[SiH2]OC(C)=CC(C)=O)CC1. The quantitative estimate of drug-likeness (QED) is 0.0980. The molecule has 7 nitrogen and oxygen atoms in total. The van der Waals surface area contributed by atoms with Gasteiger partial charge in [0.1, 0.15) is 0 Å². The van der Waals surface area contributed by atoms with Crippen molar-refractivity contribution >= 4 is 46.6 Å². The van der Waals surface area contributed by atoms with Gasteiger partial charge < -0.3 is 18.0 Å². The van der Waals surface area contributed by atoms with Crippen molar-refractivity contribution in [3.05, 3.63) is 35.5 Å². The van der Waals surface area contributed by atoms with E-state index in [2.05, 4.69) is 13.8 Å². The molecule has 0 amide bonds. The number of carbonyl (C=O) groups excluding carboxylic acids is 3. The highest BCUT2D eigenvalue weighted by molar-refractivity contribution is 6.60. The Morgan fingerprint density at radius 1 is 0.705 bits per heavy atom. The molecule has 2 fully saturated rings. The molecule has 2 aliphatic rings. The summed E-state index contributed by atoms with van der Waals surface area (Å²) in [6.07, 6.45) is 17.5. The second-order valence-corrected chi connectivity index (χ2v) is 19.8. The lowest BCUT2D eigenvalue weighted by atomic mass is 9.69. The number of ether oxygens (including phenoxy) is 1. The molecule has 2 saturated carbocycles. The molecule has 0 aliphatic heterocycles. The highest BCUT2D eigenvalue weighted by Crippen LogP contribution is 2.59. The second-order valence-electron chi connectivity index (χ2n) is 13.4. The summed E-state index contributed by atoms with van der Waals surface area (Å²) in [6.45, 7) is 15.3. The molecule has 0 spiro atoms. The molecular weight excluding hydrogens is 605 g/mol. The number of hydrogen-bond donors (Lipinski definition) is 0. The summed E-state index contributed by atoms with van der Waals surface area (Å²) >= 11 is 0. The fourth-order valence-corrected chi connectivity index (χ4v) is 15.1. The molecule has 2 aliphatic carbocycles. The average Bonchev–Trinajstić information content (AvgIpc) is 2.95. The molecule has 0 unspecified atom stereocenters. The van der Waals surface area contributed by atoms with Gasteiger partial charge in [0.15, 0.2) is 17.3 Å². The number of allylic oxidation sites excluding steroid dienone is 6. The van der Waals surface area contributed by atoms with Gasteiger partial charge in [-0.2, -0.15) is 0 Å². The van der Waals surface area contributed by atoms with E-state index in [1.165, 1.54) is 44.9 Å². The van der Waals surface area contributed by atoms with Gasteiger partial charge in [0, 0.05) is 24.8 Å². The first-order valence-electron chi connectivity index (χ1n) is 17.0. The lowest BCUT2D eigenvalue weighted by molar-refractivity contribution is -0.113. The van der Waals surface area contributed by atoms with Gasteiger partial charge in [-0.3, -0.25) is 14.4 Å². The summed E-state index contributed by atoms with van der Waals surface area (Å²) in [7, 11) is -4.13. The third-order valence-corrected chi connectivity index (χ3v) is 18.7. The van der Waals surface area contributed by atoms with E-state index in [-0.39, 0.29) is 22.0 Å². The van der Waals surface area contributed by atoms with Crippen LogP contribution in [0.3, 0.4) is 0 Å². The van der Waals surface area contributed by atoms with Crippen LogP contribution in [0.2, 0.25) is 4.66 Å². The van der Waals surface area contributed by atoms with Crippen molar-refractivity contribution < 1.29 is 32.4 Å². The van der Waals surface area contributed by atoms with E-state index in [0.717, 1.165) is 31.6 Å². The summed E-state index contributed by atoms with van der Waals surface area (Å²) < 4.78 is 26.7. The Balaban J connectivity index is 2.67. The summed E-state index contributed by atoms with van der Waals surface area (Å²) in [4.78, 5) is 35.9. The highest BCUT2D eigenvalue weighted by Gasteiger charge is 2.63. The van der Waals surface area contributed by atoms with Crippen LogP contribution in [0.5, 0.6) is 0 Å². The van der Waals surface area contributed by atoms with E-state index in [1.807, 2.05) is 20.8 Å². The van der Waals surface area contributed by atoms with Gasteiger partial charge in [-0.25, -0.2) is 0 Å². The zero-order chi connectivity index (χ0) is 32.8. The Morgan fingerprint density at radius 3 is 1.66 bits per heavy atom. The summed E-state index contributed by atoms with van der Waals surface area (Å²) in [5.41, 5.74) is 0. The Kier molecular flexibility index (Phi) is 16.6. The number of ketones is 3. The van der Waals surface area contributed by atoms with Gasteiger partial charge >= 0.3 is 0 Å². The zero-order valence-electron chi connectivity index (χ0n) is 28.9. The molecule has 0 aromatic carbocycles. The van der Waals surface area contributed by atoms with Crippen molar-refractivity contribution in [3.63, 3.8) is 0 Å². The van der Waals surface area contributed by atoms with Crippen molar-refractivity contribution in [2.75, 3.05) is 6.61 Å². The molecule has 0 heterocycles. The Morgan fingerprint density at radius 2 is 1.20 bits per heavy atom. The molecule has 0 N–H and O–H groups in total. The lowest BCUT2D eigenvalue weighted by Gasteiger charge is -2.58. The standard InChI is InChI=1S/C34H60O7Si3/c1-9-11-13-30-15-17-31(18-16-30)32-14-12-19-33(38-20-10-2,42-39-27(6)21-24(3)35)34(32,43-40-28(7)22-25(4)36)44-41-29(8)23-26(5)37/h21-23,30-32H,9-20,42-44H2,1-8H3/t30?,31?,32-,33+,34?/m1/s1. The lowest BCUT2D eigenvalue weighted by Crippen LogP contribution is -2.63. The van der Waals surface area contributed by atoms with E-state index in [9.17, 15) is 14.4 Å². The van der Waals surface area contributed by atoms with E-state index in [1.54, 1.807) is 39.0 Å².